The van der Waals surface area contributed by atoms with Gasteiger partial charge in [0.2, 0.25) is 5.91 Å². The van der Waals surface area contributed by atoms with E-state index in [9.17, 15) is 4.79 Å². The monoisotopic (exact) mass is 248 g/mol. The molecule has 0 radical (unpaired) electrons. The van der Waals surface area contributed by atoms with Crippen LogP contribution in [0.1, 0.15) is 44.7 Å². The Kier molecular flexibility index (Phi) is 5.35. The van der Waals surface area contributed by atoms with Crippen molar-refractivity contribution in [1.82, 2.24) is 5.32 Å². The van der Waals surface area contributed by atoms with Crippen LogP contribution < -0.4 is 11.1 Å². The van der Waals surface area contributed by atoms with Crippen molar-refractivity contribution in [3.8, 4) is 0 Å². The maximum Gasteiger partial charge on any atom is 0.237 e. The van der Waals surface area contributed by atoms with Crippen LogP contribution in [0.5, 0.6) is 0 Å². The average Bonchev–Trinajstić information content (AvgIpc) is 2.35. The van der Waals surface area contributed by atoms with E-state index in [1.807, 2.05) is 13.8 Å². The molecule has 0 aliphatic carbocycles. The van der Waals surface area contributed by atoms with E-state index in [0.717, 1.165) is 5.56 Å². The number of carbonyl (C=O) groups excluding carboxylic acids is 1. The molecule has 3 N–H and O–H groups in total. The zero-order valence-electron chi connectivity index (χ0n) is 11.7. The Morgan fingerprint density at radius 1 is 1.17 bits per heavy atom. The molecule has 0 saturated heterocycles. The molecule has 0 spiro atoms. The summed E-state index contributed by atoms with van der Waals surface area (Å²) in [6.45, 7) is 8.76. The van der Waals surface area contributed by atoms with Crippen molar-refractivity contribution >= 4 is 5.91 Å². The van der Waals surface area contributed by atoms with Crippen LogP contribution in [-0.2, 0) is 11.3 Å². The van der Waals surface area contributed by atoms with E-state index >= 15 is 0 Å². The van der Waals surface area contributed by atoms with Crippen molar-refractivity contribution in [3.05, 3.63) is 35.4 Å². The minimum Gasteiger partial charge on any atom is -0.351 e. The summed E-state index contributed by atoms with van der Waals surface area (Å²) in [5.74, 6) is 0.606. The lowest BCUT2D eigenvalue weighted by Crippen LogP contribution is -2.43. The molecule has 3 nitrogen and oxygen atoms in total. The zero-order chi connectivity index (χ0) is 13.7. The molecule has 1 rings (SSSR count). The number of hydrogen-bond donors (Lipinski definition) is 2. The predicted molar refractivity (Wildman–Crippen MR) is 75.2 cm³/mol. The van der Waals surface area contributed by atoms with Gasteiger partial charge in [0, 0.05) is 6.54 Å². The summed E-state index contributed by atoms with van der Waals surface area (Å²) < 4.78 is 0. The van der Waals surface area contributed by atoms with Crippen LogP contribution in [0.2, 0.25) is 0 Å². The van der Waals surface area contributed by atoms with Crippen LogP contribution in [0, 0.1) is 5.92 Å². The van der Waals surface area contributed by atoms with Gasteiger partial charge in [0.25, 0.3) is 0 Å². The largest absolute Gasteiger partial charge is 0.351 e. The third kappa shape index (κ3) is 4.15. The Balaban J connectivity index is 2.51. The molecule has 18 heavy (non-hydrogen) atoms. The molecule has 3 heteroatoms. The second-order valence-corrected chi connectivity index (χ2v) is 5.38. The molecule has 0 heterocycles. The second kappa shape index (κ2) is 6.55. The lowest BCUT2D eigenvalue weighted by Gasteiger charge is -2.15. The SMILES string of the molecule is CC(C)c1ccc(CNC(=O)[C@@H](N)C(C)C)cc1. The van der Waals surface area contributed by atoms with Crippen molar-refractivity contribution in [2.24, 2.45) is 11.7 Å². The van der Waals surface area contributed by atoms with E-state index in [2.05, 4.69) is 43.4 Å². The summed E-state index contributed by atoms with van der Waals surface area (Å²) in [6, 6.07) is 7.88. The summed E-state index contributed by atoms with van der Waals surface area (Å²) >= 11 is 0. The fraction of sp³-hybridized carbons (Fsp3) is 0.533. The quantitative estimate of drug-likeness (QED) is 0.840. The maximum atomic E-state index is 11.7. The summed E-state index contributed by atoms with van der Waals surface area (Å²) in [5, 5.41) is 2.86. The highest BCUT2D eigenvalue weighted by Crippen LogP contribution is 2.14. The molecule has 1 aromatic rings. The molecular formula is C15H24N2O. The van der Waals surface area contributed by atoms with Gasteiger partial charge in [-0.15, -0.1) is 0 Å². The molecule has 0 saturated carbocycles. The number of amides is 1. The third-order valence-electron chi connectivity index (χ3n) is 3.13. The van der Waals surface area contributed by atoms with Gasteiger partial charge in [-0.1, -0.05) is 52.0 Å². The van der Waals surface area contributed by atoms with Gasteiger partial charge in [-0.3, -0.25) is 4.79 Å². The van der Waals surface area contributed by atoms with E-state index in [4.69, 9.17) is 5.73 Å². The smallest absolute Gasteiger partial charge is 0.237 e. The summed E-state index contributed by atoms with van der Waals surface area (Å²) in [7, 11) is 0. The lowest BCUT2D eigenvalue weighted by molar-refractivity contribution is -0.123. The van der Waals surface area contributed by atoms with Gasteiger partial charge in [-0.05, 0) is 23.0 Å². The average molecular weight is 248 g/mol. The molecular weight excluding hydrogens is 224 g/mol. The van der Waals surface area contributed by atoms with Crippen LogP contribution in [-0.4, -0.2) is 11.9 Å². The van der Waals surface area contributed by atoms with Gasteiger partial charge in [-0.25, -0.2) is 0 Å². The number of nitrogens with one attached hydrogen (secondary N) is 1. The second-order valence-electron chi connectivity index (χ2n) is 5.38. The van der Waals surface area contributed by atoms with Gasteiger partial charge in [0.1, 0.15) is 0 Å². The van der Waals surface area contributed by atoms with Gasteiger partial charge in [-0.2, -0.15) is 0 Å². The fourth-order valence-electron chi connectivity index (χ4n) is 1.63. The molecule has 0 unspecified atom stereocenters. The standard InChI is InChI=1S/C15H24N2O/c1-10(2)13-7-5-12(6-8-13)9-17-15(18)14(16)11(3)4/h5-8,10-11,14H,9,16H2,1-4H3,(H,17,18)/t14-/m0/s1. The van der Waals surface area contributed by atoms with Crippen molar-refractivity contribution in [2.75, 3.05) is 0 Å². The van der Waals surface area contributed by atoms with E-state index in [1.54, 1.807) is 0 Å². The Hall–Kier alpha value is -1.35. The highest BCUT2D eigenvalue weighted by Gasteiger charge is 2.16. The van der Waals surface area contributed by atoms with Crippen LogP contribution in [0.3, 0.4) is 0 Å². The Labute approximate surface area is 110 Å². The Morgan fingerprint density at radius 2 is 1.72 bits per heavy atom. The van der Waals surface area contributed by atoms with Gasteiger partial charge in [0.15, 0.2) is 0 Å². The van der Waals surface area contributed by atoms with E-state index in [1.165, 1.54) is 5.56 Å². The maximum absolute atomic E-state index is 11.7. The summed E-state index contributed by atoms with van der Waals surface area (Å²) in [6.07, 6.45) is 0. The first kappa shape index (κ1) is 14.7. The number of benzene rings is 1. The Morgan fingerprint density at radius 3 is 2.17 bits per heavy atom. The van der Waals surface area contributed by atoms with Crippen LogP contribution in [0.15, 0.2) is 24.3 Å². The fourth-order valence-corrected chi connectivity index (χ4v) is 1.63. The van der Waals surface area contributed by atoms with Gasteiger partial charge >= 0.3 is 0 Å². The predicted octanol–water partition coefficient (Wildman–Crippen LogP) is 2.41. The topological polar surface area (TPSA) is 55.1 Å². The van der Waals surface area contributed by atoms with Gasteiger partial charge in [0.05, 0.1) is 6.04 Å². The lowest BCUT2D eigenvalue weighted by atomic mass is 10.0. The van der Waals surface area contributed by atoms with Crippen LogP contribution >= 0.6 is 0 Å². The molecule has 1 aromatic carbocycles. The highest BCUT2D eigenvalue weighted by atomic mass is 16.2. The molecule has 0 fully saturated rings. The normalized spacial score (nSPS) is 12.8. The van der Waals surface area contributed by atoms with E-state index in [-0.39, 0.29) is 11.8 Å². The molecule has 1 amide bonds. The van der Waals surface area contributed by atoms with Crippen LogP contribution in [0.25, 0.3) is 0 Å². The third-order valence-corrected chi connectivity index (χ3v) is 3.13. The number of carbonyl (C=O) groups is 1. The van der Waals surface area contributed by atoms with Crippen LogP contribution in [0.4, 0.5) is 0 Å². The van der Waals surface area contributed by atoms with Gasteiger partial charge < -0.3 is 11.1 Å². The first-order valence-corrected chi connectivity index (χ1v) is 6.54. The zero-order valence-corrected chi connectivity index (χ0v) is 11.7. The van der Waals surface area contributed by atoms with Crippen molar-refractivity contribution < 1.29 is 4.79 Å². The highest BCUT2D eigenvalue weighted by molar-refractivity contribution is 5.81. The molecule has 1 atom stereocenters. The number of hydrogen-bond acceptors (Lipinski definition) is 2. The molecule has 0 bridgehead atoms. The van der Waals surface area contributed by atoms with E-state index < -0.39 is 6.04 Å². The van der Waals surface area contributed by atoms with Crippen molar-refractivity contribution in [1.29, 1.82) is 0 Å². The first-order valence-electron chi connectivity index (χ1n) is 6.54. The van der Waals surface area contributed by atoms with E-state index in [0.29, 0.717) is 12.5 Å². The molecule has 0 aromatic heterocycles. The number of rotatable bonds is 5. The minimum absolute atomic E-state index is 0.0852. The summed E-state index contributed by atoms with van der Waals surface area (Å²) in [5.41, 5.74) is 8.19. The molecule has 0 aliphatic heterocycles. The minimum atomic E-state index is -0.431. The first-order chi connectivity index (χ1) is 8.41. The van der Waals surface area contributed by atoms with Crippen molar-refractivity contribution in [2.45, 2.75) is 46.2 Å². The van der Waals surface area contributed by atoms with Crippen molar-refractivity contribution in [3.63, 3.8) is 0 Å². The Bertz CT molecular complexity index is 382. The molecule has 0 aliphatic rings. The summed E-state index contributed by atoms with van der Waals surface area (Å²) in [4.78, 5) is 11.7. The molecule has 100 valence electrons. The number of nitrogens with two attached hydrogens (primary N) is 1.